The number of pyridine rings is 2. The van der Waals surface area contributed by atoms with E-state index in [1.807, 2.05) is 62.0 Å². The first-order valence-electron chi connectivity index (χ1n) is 14.5. The van der Waals surface area contributed by atoms with Crippen LogP contribution in [0.5, 0.6) is 0 Å². The summed E-state index contributed by atoms with van der Waals surface area (Å²) in [4.78, 5) is 18.1. The summed E-state index contributed by atoms with van der Waals surface area (Å²) in [5.74, 6) is -0.407. The minimum atomic E-state index is -4.34. The molecule has 0 saturated carbocycles. The van der Waals surface area contributed by atoms with Crippen LogP contribution in [0.15, 0.2) is 84.9 Å². The van der Waals surface area contributed by atoms with E-state index >= 15 is 0 Å². The van der Waals surface area contributed by atoms with E-state index < -0.39 is 17.6 Å². The summed E-state index contributed by atoms with van der Waals surface area (Å²) >= 11 is 0. The molecule has 4 heterocycles. The molecule has 0 fully saturated rings. The number of halogens is 3. The molecule has 0 aliphatic carbocycles. The van der Waals surface area contributed by atoms with Crippen LogP contribution in [0.25, 0.3) is 65.7 Å². The lowest BCUT2D eigenvalue weighted by molar-refractivity contribution is -0.617. The molecule has 0 atom stereocenters. The van der Waals surface area contributed by atoms with Crippen LogP contribution in [0.4, 0.5) is 13.2 Å². The first kappa shape index (κ1) is 28.3. The number of hydrogen-bond donors (Lipinski definition) is 3. The number of nitrogens with two attached hydrogens (primary N) is 1. The third kappa shape index (κ3) is 4.71. The van der Waals surface area contributed by atoms with Gasteiger partial charge in [-0.15, -0.1) is 0 Å². The molecule has 45 heavy (non-hydrogen) atoms. The number of aromatic nitrogens is 4. The number of fused-ring (bicyclic) bond motifs is 8. The molecular weight excluding hydrogens is 575 g/mol. The molecule has 0 unspecified atom stereocenters. The number of hydrogen-bond acceptors (Lipinski definition) is 1. The van der Waals surface area contributed by atoms with Crippen LogP contribution in [0.3, 0.4) is 0 Å². The molecule has 0 radical (unpaired) electrons. The number of nitrogens with one attached hydrogen (secondary N) is 2. The van der Waals surface area contributed by atoms with Gasteiger partial charge in [0.2, 0.25) is 28.0 Å². The second-order valence-electron chi connectivity index (χ2n) is 11.7. The number of alkyl halides is 3. The summed E-state index contributed by atoms with van der Waals surface area (Å²) in [7, 11) is 3.94. The molecule has 4 N–H and O–H groups in total. The SMILES string of the molecule is Cc1ccc2cc3[nH]c4ccc(C(F)(F)F)cc4c3[n+](C)c2c1.Cc1ccc2cc3[nH]c4ccc(C(N)=O)cc4c3[n+](C)c2c1. The smallest absolute Gasteiger partial charge is 0.366 e. The van der Waals surface area contributed by atoms with Crippen molar-refractivity contribution in [3.05, 3.63) is 107 Å². The Hall–Kier alpha value is -5.44. The second kappa shape index (κ2) is 10.1. The van der Waals surface area contributed by atoms with Crippen molar-refractivity contribution in [2.45, 2.75) is 20.0 Å². The van der Waals surface area contributed by atoms with Gasteiger partial charge in [0.1, 0.15) is 25.1 Å². The molecule has 1 amide bonds. The highest BCUT2D eigenvalue weighted by Gasteiger charge is 2.31. The Morgan fingerprint density at radius 1 is 0.644 bits per heavy atom. The van der Waals surface area contributed by atoms with E-state index in [1.54, 1.807) is 6.07 Å². The Balaban J connectivity index is 0.000000145. The van der Waals surface area contributed by atoms with Gasteiger partial charge >= 0.3 is 6.18 Å². The first-order valence-corrected chi connectivity index (χ1v) is 14.5. The average molecular weight is 606 g/mol. The van der Waals surface area contributed by atoms with Crippen molar-refractivity contribution in [3.8, 4) is 0 Å². The van der Waals surface area contributed by atoms with Gasteiger partial charge in [-0.05, 0) is 85.6 Å². The standard InChI is InChI=1S/C18H13F3N2.C18H15N3O/c1-10-3-4-11-8-15-17(23(2)16(11)7-10)13-9-12(18(19,20)21)5-6-14(13)22-15;1-10-3-4-11-9-15-17(21(2)16(11)7-10)13-8-12(18(19)22)5-6-14(13)20-15/h3-9H,1-2H3;3-9H,1-2H3,(H2,19,22)/p+2. The van der Waals surface area contributed by atoms with Crippen LogP contribution in [0.2, 0.25) is 0 Å². The largest absolute Gasteiger partial charge is 0.416 e. The average Bonchev–Trinajstić information content (AvgIpc) is 3.55. The maximum absolute atomic E-state index is 13.0. The van der Waals surface area contributed by atoms with E-state index in [0.717, 1.165) is 61.0 Å². The number of carbonyl (C=O) groups is 1. The fourth-order valence-electron chi connectivity index (χ4n) is 6.34. The van der Waals surface area contributed by atoms with Gasteiger partial charge in [0, 0.05) is 28.5 Å². The van der Waals surface area contributed by atoms with Gasteiger partial charge in [0.25, 0.3) is 0 Å². The van der Waals surface area contributed by atoms with Crippen molar-refractivity contribution < 1.29 is 27.1 Å². The lowest BCUT2D eigenvalue weighted by atomic mass is 10.1. The number of H-pyrrole nitrogens is 2. The van der Waals surface area contributed by atoms with Crippen molar-refractivity contribution in [3.63, 3.8) is 0 Å². The van der Waals surface area contributed by atoms with Crippen molar-refractivity contribution in [2.24, 2.45) is 19.8 Å². The highest BCUT2D eigenvalue weighted by Crippen LogP contribution is 2.34. The molecular formula is C36H30F3N5O+2. The van der Waals surface area contributed by atoms with Gasteiger partial charge in [-0.1, -0.05) is 12.1 Å². The van der Waals surface area contributed by atoms with Crippen LogP contribution in [0.1, 0.15) is 27.0 Å². The number of amides is 1. The monoisotopic (exact) mass is 605 g/mol. The van der Waals surface area contributed by atoms with Crippen molar-refractivity contribution >= 4 is 71.6 Å². The molecule has 0 aliphatic heterocycles. The predicted molar refractivity (Wildman–Crippen MR) is 172 cm³/mol. The van der Waals surface area contributed by atoms with Gasteiger partial charge in [0.15, 0.2) is 0 Å². The number of nitrogens with zero attached hydrogens (tertiary/aromatic N) is 2. The first-order chi connectivity index (χ1) is 21.4. The topological polar surface area (TPSA) is 82.4 Å². The summed E-state index contributed by atoms with van der Waals surface area (Å²) in [5.41, 5.74) is 15.3. The molecule has 0 aliphatic rings. The highest BCUT2D eigenvalue weighted by molar-refractivity contribution is 6.08. The molecule has 4 aromatic carbocycles. The maximum atomic E-state index is 13.0. The molecule has 0 saturated heterocycles. The fourth-order valence-corrected chi connectivity index (χ4v) is 6.34. The predicted octanol–water partition coefficient (Wildman–Crippen LogP) is 7.33. The van der Waals surface area contributed by atoms with Crippen LogP contribution >= 0.6 is 0 Å². The Bertz CT molecular complexity index is 2510. The fraction of sp³-hybridized carbons (Fsp3) is 0.139. The highest BCUT2D eigenvalue weighted by atomic mass is 19.4. The van der Waals surface area contributed by atoms with Gasteiger partial charge < -0.3 is 15.7 Å². The summed E-state index contributed by atoms with van der Waals surface area (Å²) in [6.45, 7) is 4.09. The summed E-state index contributed by atoms with van der Waals surface area (Å²) < 4.78 is 43.2. The Labute approximate surface area is 255 Å². The molecule has 8 aromatic rings. The van der Waals surface area contributed by atoms with E-state index in [-0.39, 0.29) is 0 Å². The zero-order chi connectivity index (χ0) is 31.8. The minimum Gasteiger partial charge on any atom is -0.366 e. The number of carbonyl (C=O) groups excluding carboxylic acids is 1. The van der Waals surface area contributed by atoms with E-state index in [9.17, 15) is 18.0 Å². The lowest BCUT2D eigenvalue weighted by Crippen LogP contribution is -2.29. The summed E-state index contributed by atoms with van der Waals surface area (Å²) in [5, 5.41) is 3.83. The molecule has 224 valence electrons. The van der Waals surface area contributed by atoms with Crippen LogP contribution in [-0.4, -0.2) is 15.9 Å². The van der Waals surface area contributed by atoms with Crippen LogP contribution < -0.4 is 14.9 Å². The number of primary amides is 1. The number of benzene rings is 4. The van der Waals surface area contributed by atoms with E-state index in [1.165, 1.54) is 23.1 Å². The molecule has 0 bridgehead atoms. The zero-order valence-electron chi connectivity index (χ0n) is 25.1. The molecule has 8 rings (SSSR count). The van der Waals surface area contributed by atoms with Crippen molar-refractivity contribution in [2.75, 3.05) is 0 Å². The number of aryl methyl sites for hydroxylation is 4. The maximum Gasteiger partial charge on any atom is 0.416 e. The quantitative estimate of drug-likeness (QED) is 0.168. The van der Waals surface area contributed by atoms with Crippen LogP contribution in [-0.2, 0) is 20.3 Å². The molecule has 0 spiro atoms. The Morgan fingerprint density at radius 2 is 1.13 bits per heavy atom. The Kier molecular flexibility index (Phi) is 6.33. The van der Waals surface area contributed by atoms with E-state index in [0.29, 0.717) is 16.5 Å². The summed E-state index contributed by atoms with van der Waals surface area (Å²) in [6, 6.07) is 26.0. The number of rotatable bonds is 1. The van der Waals surface area contributed by atoms with Crippen molar-refractivity contribution in [1.82, 2.24) is 9.97 Å². The third-order valence-corrected chi connectivity index (χ3v) is 8.58. The normalized spacial score (nSPS) is 12.1. The molecule has 9 heteroatoms. The van der Waals surface area contributed by atoms with Gasteiger partial charge in [-0.2, -0.15) is 22.3 Å². The number of aromatic amines is 2. The Morgan fingerprint density at radius 3 is 1.62 bits per heavy atom. The van der Waals surface area contributed by atoms with E-state index in [2.05, 4.69) is 45.7 Å². The minimum absolute atomic E-state index is 0.407. The van der Waals surface area contributed by atoms with Gasteiger partial charge in [-0.3, -0.25) is 4.79 Å². The van der Waals surface area contributed by atoms with E-state index in [4.69, 9.17) is 5.73 Å². The summed E-state index contributed by atoms with van der Waals surface area (Å²) in [6.07, 6.45) is -4.34. The third-order valence-electron chi connectivity index (χ3n) is 8.58. The van der Waals surface area contributed by atoms with Gasteiger partial charge in [0.05, 0.1) is 27.4 Å². The van der Waals surface area contributed by atoms with Gasteiger partial charge in [-0.25, -0.2) is 0 Å². The molecule has 6 nitrogen and oxygen atoms in total. The zero-order valence-corrected chi connectivity index (χ0v) is 25.1. The van der Waals surface area contributed by atoms with Crippen LogP contribution in [0, 0.1) is 13.8 Å². The van der Waals surface area contributed by atoms with Crippen molar-refractivity contribution in [1.29, 1.82) is 0 Å². The lowest BCUT2D eigenvalue weighted by Gasteiger charge is -2.05. The molecule has 4 aromatic heterocycles. The second-order valence-corrected chi connectivity index (χ2v) is 11.7.